The second-order valence-corrected chi connectivity index (χ2v) is 10.7. The summed E-state index contributed by atoms with van der Waals surface area (Å²) in [7, 11) is 0.492. The maximum Gasteiger partial charge on any atom is 0.410 e. The number of nitrogens with zero attached hydrogens (tertiary/aromatic N) is 3. The van der Waals surface area contributed by atoms with Gasteiger partial charge in [-0.2, -0.15) is 4.98 Å². The Morgan fingerprint density at radius 1 is 1.21 bits per heavy atom. The lowest BCUT2D eigenvalue weighted by molar-refractivity contribution is 0.0500. The molecule has 1 aromatic heterocycles. The van der Waals surface area contributed by atoms with Crippen molar-refractivity contribution < 1.29 is 23.2 Å². The van der Waals surface area contributed by atoms with Crippen molar-refractivity contribution >= 4 is 40.0 Å². The van der Waals surface area contributed by atoms with Gasteiger partial charge in [0, 0.05) is 36.1 Å². The molecule has 2 aromatic rings. The maximum atomic E-state index is 12.4. The Hall–Kier alpha value is -2.59. The van der Waals surface area contributed by atoms with Crippen LogP contribution < -0.4 is 14.8 Å². The number of nitrogens with one attached hydrogen (secondary N) is 1. The standard InChI is InChI=1S/C23H29ClN4O5S/c1-14(2)32-23(29)28-10-8-15(9-11-28)33-22-20(31-3)21(25-13-26-22)27-19-7-6-17(12-18(19)24)34(30)16-4-5-16/h6-7,12-16H,4-5,8-11H2,1-3H3,(H,25,26,27). The molecule has 1 saturated carbocycles. The average Bonchev–Trinajstić information content (AvgIpc) is 3.66. The summed E-state index contributed by atoms with van der Waals surface area (Å²) in [6.45, 7) is 4.74. The van der Waals surface area contributed by atoms with Crippen LogP contribution in [0.4, 0.5) is 16.3 Å². The normalized spacial score (nSPS) is 17.4. The number of hydrogen-bond donors (Lipinski definition) is 1. The Morgan fingerprint density at radius 2 is 1.94 bits per heavy atom. The Kier molecular flexibility index (Phi) is 7.77. The zero-order chi connectivity index (χ0) is 24.2. The van der Waals surface area contributed by atoms with Gasteiger partial charge in [-0.25, -0.2) is 9.78 Å². The van der Waals surface area contributed by atoms with Gasteiger partial charge in [-0.1, -0.05) is 11.6 Å². The summed E-state index contributed by atoms with van der Waals surface area (Å²) in [5, 5.41) is 3.84. The predicted octanol–water partition coefficient (Wildman–Crippen LogP) is 4.54. The van der Waals surface area contributed by atoms with Gasteiger partial charge in [0.15, 0.2) is 5.82 Å². The second-order valence-electron chi connectivity index (χ2n) is 8.56. The van der Waals surface area contributed by atoms with Crippen LogP contribution in [0.2, 0.25) is 5.02 Å². The summed E-state index contributed by atoms with van der Waals surface area (Å²) < 4.78 is 29.3. The smallest absolute Gasteiger partial charge is 0.410 e. The molecule has 2 aliphatic rings. The molecule has 1 saturated heterocycles. The lowest BCUT2D eigenvalue weighted by Gasteiger charge is -2.31. The zero-order valence-electron chi connectivity index (χ0n) is 19.5. The molecule has 0 bridgehead atoms. The molecule has 1 N–H and O–H groups in total. The first-order valence-corrected chi connectivity index (χ1v) is 12.9. The number of piperidine rings is 1. The first-order valence-electron chi connectivity index (χ1n) is 11.3. The largest absolute Gasteiger partial charge is 0.489 e. The van der Waals surface area contributed by atoms with Crippen molar-refractivity contribution in [3.05, 3.63) is 29.5 Å². The number of carbonyl (C=O) groups excluding carboxylic acids is 1. The minimum absolute atomic E-state index is 0.125. The highest BCUT2D eigenvalue weighted by molar-refractivity contribution is 7.86. The Labute approximate surface area is 206 Å². The van der Waals surface area contributed by atoms with E-state index in [4.69, 9.17) is 25.8 Å². The molecule has 34 heavy (non-hydrogen) atoms. The molecule has 1 atom stereocenters. The number of hydrogen-bond acceptors (Lipinski definition) is 8. The highest BCUT2D eigenvalue weighted by Gasteiger charge is 2.30. The van der Waals surface area contributed by atoms with Gasteiger partial charge >= 0.3 is 6.09 Å². The van der Waals surface area contributed by atoms with E-state index in [2.05, 4.69) is 15.3 Å². The quantitative estimate of drug-likeness (QED) is 0.554. The fourth-order valence-corrected chi connectivity index (χ4v) is 5.31. The van der Waals surface area contributed by atoms with Gasteiger partial charge in [0.2, 0.25) is 5.75 Å². The van der Waals surface area contributed by atoms with E-state index in [9.17, 15) is 9.00 Å². The molecular formula is C23H29ClN4O5S. The van der Waals surface area contributed by atoms with E-state index in [1.165, 1.54) is 13.4 Å². The lowest BCUT2D eigenvalue weighted by Crippen LogP contribution is -2.42. The topological polar surface area (TPSA) is 103 Å². The van der Waals surface area contributed by atoms with Crippen LogP contribution in [0.3, 0.4) is 0 Å². The van der Waals surface area contributed by atoms with Gasteiger partial charge < -0.3 is 24.4 Å². The van der Waals surface area contributed by atoms with Gasteiger partial charge in [-0.05, 0) is 44.9 Å². The molecule has 2 fully saturated rings. The van der Waals surface area contributed by atoms with Crippen LogP contribution in [0.15, 0.2) is 29.4 Å². The third kappa shape index (κ3) is 5.90. The molecule has 0 spiro atoms. The summed E-state index contributed by atoms with van der Waals surface area (Å²) >= 11 is 6.46. The second kappa shape index (κ2) is 10.8. The number of ether oxygens (including phenoxy) is 3. The predicted molar refractivity (Wildman–Crippen MR) is 130 cm³/mol. The van der Waals surface area contributed by atoms with Crippen molar-refractivity contribution in [1.29, 1.82) is 0 Å². The lowest BCUT2D eigenvalue weighted by atomic mass is 10.1. The Bertz CT molecular complexity index is 1060. The minimum Gasteiger partial charge on any atom is -0.489 e. The van der Waals surface area contributed by atoms with Crippen LogP contribution in [-0.2, 0) is 15.5 Å². The van der Waals surface area contributed by atoms with Crippen LogP contribution in [0.5, 0.6) is 11.6 Å². The van der Waals surface area contributed by atoms with Crippen molar-refractivity contribution in [3.8, 4) is 11.6 Å². The number of carbonyl (C=O) groups is 1. The van der Waals surface area contributed by atoms with E-state index < -0.39 is 10.8 Å². The molecule has 9 nitrogen and oxygen atoms in total. The van der Waals surface area contributed by atoms with Crippen LogP contribution in [0, 0.1) is 0 Å². The van der Waals surface area contributed by atoms with E-state index in [0.717, 1.165) is 17.7 Å². The first kappa shape index (κ1) is 24.5. The first-order chi connectivity index (χ1) is 16.4. The van der Waals surface area contributed by atoms with E-state index >= 15 is 0 Å². The molecule has 2 heterocycles. The summed E-state index contributed by atoms with van der Waals surface area (Å²) in [6.07, 6.45) is 4.09. The molecule has 1 amide bonds. The van der Waals surface area contributed by atoms with Crippen molar-refractivity contribution in [2.24, 2.45) is 0 Å². The van der Waals surface area contributed by atoms with Crippen LogP contribution in [-0.4, -0.2) is 62.8 Å². The van der Waals surface area contributed by atoms with Gasteiger partial charge in [-0.15, -0.1) is 0 Å². The number of methoxy groups -OCH3 is 1. The highest BCUT2D eigenvalue weighted by atomic mass is 35.5. The number of aromatic nitrogens is 2. The van der Waals surface area contributed by atoms with Crippen LogP contribution in [0.25, 0.3) is 0 Å². The Morgan fingerprint density at radius 3 is 2.56 bits per heavy atom. The summed E-state index contributed by atoms with van der Waals surface area (Å²) in [5.74, 6) is 1.07. The molecule has 1 unspecified atom stereocenters. The summed E-state index contributed by atoms with van der Waals surface area (Å²) in [4.78, 5) is 23.0. The molecule has 1 aliphatic heterocycles. The third-order valence-electron chi connectivity index (χ3n) is 5.54. The van der Waals surface area contributed by atoms with Gasteiger partial charge in [0.1, 0.15) is 12.4 Å². The number of likely N-dealkylation sites (tertiary alicyclic amines) is 1. The van der Waals surface area contributed by atoms with Crippen LogP contribution >= 0.6 is 11.6 Å². The molecule has 1 aliphatic carbocycles. The number of amides is 1. The van der Waals surface area contributed by atoms with Crippen LogP contribution in [0.1, 0.15) is 39.5 Å². The van der Waals surface area contributed by atoms with Gasteiger partial charge in [0.05, 0.1) is 34.7 Å². The number of rotatable bonds is 8. The zero-order valence-corrected chi connectivity index (χ0v) is 21.0. The summed E-state index contributed by atoms with van der Waals surface area (Å²) in [6, 6.07) is 5.32. The SMILES string of the molecule is COc1c(Nc2ccc(S(=O)C3CC3)cc2Cl)ncnc1OC1CCN(C(=O)OC(C)C)CC1. The summed E-state index contributed by atoms with van der Waals surface area (Å²) in [5.41, 5.74) is 0.609. The number of anilines is 2. The highest BCUT2D eigenvalue weighted by Crippen LogP contribution is 2.37. The Balaban J connectivity index is 1.42. The fraction of sp³-hybridized carbons (Fsp3) is 0.522. The molecule has 184 valence electrons. The van der Waals surface area contributed by atoms with Gasteiger partial charge in [-0.3, -0.25) is 4.21 Å². The molecular weight excluding hydrogens is 480 g/mol. The molecule has 11 heteroatoms. The minimum atomic E-state index is -1.03. The van der Waals surface area contributed by atoms with E-state index in [-0.39, 0.29) is 23.6 Å². The number of halogens is 1. The maximum absolute atomic E-state index is 12.4. The van der Waals surface area contributed by atoms with E-state index in [1.807, 2.05) is 19.9 Å². The van der Waals surface area contributed by atoms with E-state index in [1.54, 1.807) is 17.0 Å². The number of benzene rings is 1. The third-order valence-corrected chi connectivity index (χ3v) is 7.65. The van der Waals surface area contributed by atoms with Crippen molar-refractivity contribution in [2.75, 3.05) is 25.5 Å². The van der Waals surface area contributed by atoms with Crippen molar-refractivity contribution in [3.63, 3.8) is 0 Å². The van der Waals surface area contributed by atoms with Crippen molar-refractivity contribution in [2.45, 2.75) is 61.9 Å². The molecule has 4 rings (SSSR count). The fourth-order valence-electron chi connectivity index (χ4n) is 3.63. The van der Waals surface area contributed by atoms with Gasteiger partial charge in [0.25, 0.3) is 5.88 Å². The van der Waals surface area contributed by atoms with E-state index in [0.29, 0.717) is 54.1 Å². The average molecular weight is 509 g/mol. The monoisotopic (exact) mass is 508 g/mol. The molecule has 1 aromatic carbocycles. The molecule has 0 radical (unpaired) electrons. The van der Waals surface area contributed by atoms with Crippen molar-refractivity contribution in [1.82, 2.24) is 14.9 Å².